The van der Waals surface area contributed by atoms with Crippen LogP contribution in [-0.2, 0) is 4.74 Å². The molecule has 0 aliphatic heterocycles. The molecule has 94 valence electrons. The van der Waals surface area contributed by atoms with E-state index in [0.717, 1.165) is 5.56 Å². The van der Waals surface area contributed by atoms with Gasteiger partial charge in [0.25, 0.3) is 0 Å². The van der Waals surface area contributed by atoms with E-state index in [1.165, 1.54) is 19.5 Å². The number of rotatable bonds is 2. The van der Waals surface area contributed by atoms with Crippen molar-refractivity contribution in [1.29, 1.82) is 0 Å². The highest BCUT2D eigenvalue weighted by Gasteiger charge is 2.07. The van der Waals surface area contributed by atoms with Crippen LogP contribution in [0.3, 0.4) is 0 Å². The van der Waals surface area contributed by atoms with Crippen molar-refractivity contribution in [2.75, 3.05) is 7.11 Å². The first-order valence-corrected chi connectivity index (χ1v) is 5.77. The topological polar surface area (TPSA) is 52.1 Å². The second-order valence-electron chi connectivity index (χ2n) is 3.15. The third-order valence-corrected chi connectivity index (χ3v) is 2.10. The van der Waals surface area contributed by atoms with E-state index in [9.17, 15) is 4.79 Å². The summed E-state index contributed by atoms with van der Waals surface area (Å²) in [5, 5.41) is 0. The molecule has 0 amide bonds. The summed E-state index contributed by atoms with van der Waals surface area (Å²) in [6.07, 6.45) is 2.92. The first-order valence-electron chi connectivity index (χ1n) is 5.77. The summed E-state index contributed by atoms with van der Waals surface area (Å²) in [6.45, 7) is 4.00. The molecule has 0 radical (unpaired) electrons. The maximum absolute atomic E-state index is 11.2. The fraction of sp³-hybridized carbons (Fsp3) is 0.214. The van der Waals surface area contributed by atoms with Gasteiger partial charge in [-0.15, -0.1) is 0 Å². The summed E-state index contributed by atoms with van der Waals surface area (Å²) >= 11 is 0. The molecule has 2 aromatic rings. The number of carbonyl (C=O) groups is 1. The van der Waals surface area contributed by atoms with Crippen molar-refractivity contribution in [3.63, 3.8) is 0 Å². The first kappa shape index (κ1) is 13.8. The smallest absolute Gasteiger partial charge is 0.341 e. The summed E-state index contributed by atoms with van der Waals surface area (Å²) in [4.78, 5) is 19.4. The van der Waals surface area contributed by atoms with Gasteiger partial charge in [-0.2, -0.15) is 0 Å². The highest BCUT2D eigenvalue weighted by atomic mass is 16.5. The molecule has 0 aliphatic rings. The fourth-order valence-electron chi connectivity index (χ4n) is 1.29. The summed E-state index contributed by atoms with van der Waals surface area (Å²) < 4.78 is 4.56. The lowest BCUT2D eigenvalue weighted by atomic mass is 10.2. The Kier molecular flexibility index (Phi) is 5.51. The monoisotopic (exact) mass is 244 g/mol. The molecule has 4 nitrogen and oxygen atoms in total. The van der Waals surface area contributed by atoms with E-state index in [2.05, 4.69) is 14.7 Å². The van der Waals surface area contributed by atoms with Crippen LogP contribution in [0, 0.1) is 0 Å². The van der Waals surface area contributed by atoms with E-state index in [4.69, 9.17) is 0 Å². The van der Waals surface area contributed by atoms with Crippen LogP contribution in [0.2, 0.25) is 0 Å². The molecule has 4 heteroatoms. The Bertz CT molecular complexity index is 481. The van der Waals surface area contributed by atoms with Crippen LogP contribution in [0.1, 0.15) is 24.2 Å². The number of hydrogen-bond donors (Lipinski definition) is 0. The van der Waals surface area contributed by atoms with Crippen LogP contribution in [0.4, 0.5) is 0 Å². The molecular weight excluding hydrogens is 228 g/mol. The molecule has 1 aromatic heterocycles. The number of hydrogen-bond acceptors (Lipinski definition) is 4. The van der Waals surface area contributed by atoms with E-state index in [-0.39, 0.29) is 0 Å². The second kappa shape index (κ2) is 7.17. The molecule has 0 bridgehead atoms. The summed E-state index contributed by atoms with van der Waals surface area (Å²) in [7, 11) is 1.33. The normalized spacial score (nSPS) is 9.06. The standard InChI is InChI=1S/C12H10N2O2.C2H6/c1-16-12(15)10-7-13-11(14-8-10)9-5-3-2-4-6-9;1-2/h2-8H,1H3;1-2H3. The highest BCUT2D eigenvalue weighted by Crippen LogP contribution is 2.13. The molecule has 0 spiro atoms. The number of aromatic nitrogens is 2. The predicted molar refractivity (Wildman–Crippen MR) is 70.2 cm³/mol. The Morgan fingerprint density at radius 1 is 1.06 bits per heavy atom. The largest absolute Gasteiger partial charge is 0.465 e. The summed E-state index contributed by atoms with van der Waals surface area (Å²) in [5.74, 6) is 0.160. The molecule has 0 atom stereocenters. The van der Waals surface area contributed by atoms with Gasteiger partial charge in [0, 0.05) is 18.0 Å². The molecule has 0 unspecified atom stereocenters. The Morgan fingerprint density at radius 3 is 2.11 bits per heavy atom. The molecule has 0 aliphatic carbocycles. The van der Waals surface area contributed by atoms with Gasteiger partial charge < -0.3 is 4.74 Å². The molecule has 0 saturated carbocycles. The number of ether oxygens (including phenoxy) is 1. The van der Waals surface area contributed by atoms with Crippen molar-refractivity contribution < 1.29 is 9.53 Å². The number of benzene rings is 1. The van der Waals surface area contributed by atoms with E-state index < -0.39 is 5.97 Å². The third kappa shape index (κ3) is 3.38. The van der Waals surface area contributed by atoms with Gasteiger partial charge in [0.2, 0.25) is 0 Å². The minimum absolute atomic E-state index is 0.349. The lowest BCUT2D eigenvalue weighted by Crippen LogP contribution is -2.03. The molecule has 2 rings (SSSR count). The molecule has 0 N–H and O–H groups in total. The molecule has 18 heavy (non-hydrogen) atoms. The SMILES string of the molecule is CC.COC(=O)c1cnc(-c2ccccc2)nc1. The first-order chi connectivity index (χ1) is 8.81. The van der Waals surface area contributed by atoms with Gasteiger partial charge in [0.15, 0.2) is 5.82 Å². The fourth-order valence-corrected chi connectivity index (χ4v) is 1.29. The van der Waals surface area contributed by atoms with Crippen LogP contribution in [-0.4, -0.2) is 23.0 Å². The molecule has 0 saturated heterocycles. The molecular formula is C14H16N2O2. The van der Waals surface area contributed by atoms with Crippen LogP contribution in [0.25, 0.3) is 11.4 Å². The maximum Gasteiger partial charge on any atom is 0.341 e. The van der Waals surface area contributed by atoms with Gasteiger partial charge in [-0.05, 0) is 0 Å². The van der Waals surface area contributed by atoms with Crippen molar-refractivity contribution in [2.24, 2.45) is 0 Å². The zero-order valence-electron chi connectivity index (χ0n) is 10.8. The van der Waals surface area contributed by atoms with Crippen molar-refractivity contribution in [3.05, 3.63) is 48.3 Å². The summed E-state index contributed by atoms with van der Waals surface area (Å²) in [6, 6.07) is 9.56. The Labute approximate surface area is 107 Å². The van der Waals surface area contributed by atoms with Crippen LogP contribution in [0.15, 0.2) is 42.7 Å². The quantitative estimate of drug-likeness (QED) is 0.762. The number of carbonyl (C=O) groups excluding carboxylic acids is 1. The van der Waals surface area contributed by atoms with Gasteiger partial charge in [-0.25, -0.2) is 14.8 Å². The van der Waals surface area contributed by atoms with Crippen LogP contribution in [0.5, 0.6) is 0 Å². The minimum Gasteiger partial charge on any atom is -0.465 e. The average molecular weight is 244 g/mol. The van der Waals surface area contributed by atoms with Crippen molar-refractivity contribution in [1.82, 2.24) is 9.97 Å². The lowest BCUT2D eigenvalue weighted by molar-refractivity contribution is 0.0600. The number of methoxy groups -OCH3 is 1. The van der Waals surface area contributed by atoms with Gasteiger partial charge >= 0.3 is 5.97 Å². The van der Waals surface area contributed by atoms with E-state index >= 15 is 0 Å². The molecule has 0 fully saturated rings. The van der Waals surface area contributed by atoms with E-state index in [1.54, 1.807) is 0 Å². The Morgan fingerprint density at radius 2 is 1.61 bits per heavy atom. The maximum atomic E-state index is 11.2. The van der Waals surface area contributed by atoms with Crippen molar-refractivity contribution in [2.45, 2.75) is 13.8 Å². The predicted octanol–water partition coefficient (Wildman–Crippen LogP) is 2.96. The number of nitrogens with zero attached hydrogens (tertiary/aromatic N) is 2. The van der Waals surface area contributed by atoms with Crippen molar-refractivity contribution in [3.8, 4) is 11.4 Å². The van der Waals surface area contributed by atoms with E-state index in [0.29, 0.717) is 11.4 Å². The lowest BCUT2D eigenvalue weighted by Gasteiger charge is -2.00. The molecule has 1 heterocycles. The highest BCUT2D eigenvalue weighted by molar-refractivity contribution is 5.88. The van der Waals surface area contributed by atoms with Gasteiger partial charge in [0.1, 0.15) is 0 Å². The zero-order chi connectivity index (χ0) is 13.4. The van der Waals surface area contributed by atoms with Crippen LogP contribution >= 0.6 is 0 Å². The molecule has 1 aromatic carbocycles. The summed E-state index contributed by atoms with van der Waals surface area (Å²) in [5.41, 5.74) is 1.26. The third-order valence-electron chi connectivity index (χ3n) is 2.10. The Balaban J connectivity index is 0.000000771. The average Bonchev–Trinajstić information content (AvgIpc) is 2.49. The zero-order valence-corrected chi connectivity index (χ0v) is 10.8. The number of esters is 1. The minimum atomic E-state index is -0.431. The second-order valence-corrected chi connectivity index (χ2v) is 3.15. The Hall–Kier alpha value is -2.23. The van der Waals surface area contributed by atoms with E-state index in [1.807, 2.05) is 44.2 Å². The van der Waals surface area contributed by atoms with Gasteiger partial charge in [0.05, 0.1) is 12.7 Å². The van der Waals surface area contributed by atoms with Crippen molar-refractivity contribution >= 4 is 5.97 Å². The van der Waals surface area contributed by atoms with Gasteiger partial charge in [-0.3, -0.25) is 0 Å². The van der Waals surface area contributed by atoms with Gasteiger partial charge in [-0.1, -0.05) is 44.2 Å². The van der Waals surface area contributed by atoms with Crippen LogP contribution < -0.4 is 0 Å².